The van der Waals surface area contributed by atoms with Crippen molar-refractivity contribution in [2.75, 3.05) is 39.4 Å². The van der Waals surface area contributed by atoms with Gasteiger partial charge in [-0.15, -0.1) is 0 Å². The second-order valence-corrected chi connectivity index (χ2v) is 10.0. The Labute approximate surface area is 162 Å². The van der Waals surface area contributed by atoms with Gasteiger partial charge in [0.05, 0.1) is 18.9 Å². The fourth-order valence-corrected chi connectivity index (χ4v) is 6.53. The van der Waals surface area contributed by atoms with Gasteiger partial charge in [-0.2, -0.15) is 17.5 Å². The minimum atomic E-state index is -4.59. The number of rotatable bonds is 3. The number of aromatic nitrogens is 1. The maximum absolute atomic E-state index is 12.9. The highest BCUT2D eigenvalue weighted by Crippen LogP contribution is 2.49. The van der Waals surface area contributed by atoms with Crippen molar-refractivity contribution in [3.63, 3.8) is 0 Å². The number of halogens is 3. The first-order chi connectivity index (χ1) is 13.1. The molecule has 3 fully saturated rings. The zero-order valence-electron chi connectivity index (χ0n) is 15.7. The summed E-state index contributed by atoms with van der Waals surface area (Å²) in [7, 11) is -3.83. The smallest absolute Gasteiger partial charge is 0.379 e. The lowest BCUT2D eigenvalue weighted by molar-refractivity contribution is -0.141. The van der Waals surface area contributed by atoms with E-state index in [2.05, 4.69) is 9.88 Å². The number of alkyl halides is 3. The topological polar surface area (TPSA) is 62.7 Å². The Balaban J connectivity index is 1.44. The predicted octanol–water partition coefficient (Wildman–Crippen LogP) is 2.28. The number of hydrogen-bond donors (Lipinski definition) is 0. The molecule has 1 aromatic rings. The molecule has 0 aromatic carbocycles. The molecule has 28 heavy (non-hydrogen) atoms. The van der Waals surface area contributed by atoms with Gasteiger partial charge in [0.15, 0.2) is 0 Å². The summed E-state index contributed by atoms with van der Waals surface area (Å²) in [6.45, 7) is 5.47. The van der Waals surface area contributed by atoms with Crippen LogP contribution in [0.1, 0.15) is 30.7 Å². The highest BCUT2D eigenvalue weighted by atomic mass is 32.2. The van der Waals surface area contributed by atoms with E-state index < -0.39 is 21.9 Å². The lowest BCUT2D eigenvalue weighted by Gasteiger charge is -2.47. The third-order valence-electron chi connectivity index (χ3n) is 6.21. The number of pyridine rings is 1. The van der Waals surface area contributed by atoms with Crippen LogP contribution in [0.3, 0.4) is 0 Å². The van der Waals surface area contributed by atoms with Crippen molar-refractivity contribution in [1.82, 2.24) is 14.2 Å². The van der Waals surface area contributed by atoms with E-state index in [1.807, 2.05) is 0 Å². The molecule has 2 aliphatic heterocycles. The molecule has 1 atom stereocenters. The summed E-state index contributed by atoms with van der Waals surface area (Å²) in [5.74, 6) is 0. The van der Waals surface area contributed by atoms with Crippen LogP contribution < -0.4 is 0 Å². The number of ether oxygens (including phenoxy) is 1. The lowest BCUT2D eigenvalue weighted by Crippen LogP contribution is -2.57. The molecule has 3 heterocycles. The van der Waals surface area contributed by atoms with Gasteiger partial charge >= 0.3 is 6.18 Å². The minimum Gasteiger partial charge on any atom is -0.379 e. The van der Waals surface area contributed by atoms with Crippen LogP contribution in [-0.4, -0.2) is 68.0 Å². The second kappa shape index (κ2) is 6.93. The molecule has 0 N–H and O–H groups in total. The van der Waals surface area contributed by atoms with E-state index in [0.29, 0.717) is 19.1 Å². The van der Waals surface area contributed by atoms with Crippen LogP contribution in [0.25, 0.3) is 0 Å². The van der Waals surface area contributed by atoms with E-state index in [9.17, 15) is 21.6 Å². The van der Waals surface area contributed by atoms with E-state index in [1.165, 1.54) is 11.2 Å². The highest BCUT2D eigenvalue weighted by Gasteiger charge is 2.53. The molecule has 4 rings (SSSR count). The first-order valence-electron chi connectivity index (χ1n) is 9.48. The average Bonchev–Trinajstić information content (AvgIpc) is 3.06. The van der Waals surface area contributed by atoms with Gasteiger partial charge in [0.1, 0.15) is 10.6 Å². The standard InChI is InChI=1S/C18H24F3N3O3S/c1-13-15(2-3-16(22-13)18(19,20)21)28(25,26)24-11-17(12-24)5-4-14(10-17)23-6-8-27-9-7-23/h2-3,14H,4-12H2,1H3. The Bertz CT molecular complexity index is 847. The maximum atomic E-state index is 12.9. The zero-order valence-corrected chi connectivity index (χ0v) is 16.5. The third kappa shape index (κ3) is 3.55. The molecule has 1 saturated carbocycles. The van der Waals surface area contributed by atoms with E-state index in [-0.39, 0.29) is 16.0 Å². The molecule has 0 bridgehead atoms. The number of sulfonamides is 1. The first-order valence-corrected chi connectivity index (χ1v) is 10.9. The maximum Gasteiger partial charge on any atom is 0.433 e. The van der Waals surface area contributed by atoms with Crippen molar-refractivity contribution in [2.45, 2.75) is 43.3 Å². The second-order valence-electron chi connectivity index (χ2n) is 8.10. The van der Waals surface area contributed by atoms with Gasteiger partial charge in [0.25, 0.3) is 0 Å². The Morgan fingerprint density at radius 2 is 1.89 bits per heavy atom. The number of nitrogens with zero attached hydrogens (tertiary/aromatic N) is 3. The van der Waals surface area contributed by atoms with Crippen molar-refractivity contribution in [3.05, 3.63) is 23.5 Å². The van der Waals surface area contributed by atoms with Gasteiger partial charge < -0.3 is 4.74 Å². The van der Waals surface area contributed by atoms with Crippen LogP contribution >= 0.6 is 0 Å². The molecule has 1 aliphatic carbocycles. The average molecular weight is 419 g/mol. The SMILES string of the molecule is Cc1nc(C(F)(F)F)ccc1S(=O)(=O)N1CC2(CCC(N3CCOCC3)C2)C1. The molecule has 1 spiro atoms. The highest BCUT2D eigenvalue weighted by molar-refractivity contribution is 7.89. The molecule has 1 aromatic heterocycles. The number of hydrogen-bond acceptors (Lipinski definition) is 5. The Morgan fingerprint density at radius 3 is 2.50 bits per heavy atom. The summed E-state index contributed by atoms with van der Waals surface area (Å²) in [6, 6.07) is 2.22. The molecule has 0 amide bonds. The molecule has 10 heteroatoms. The Morgan fingerprint density at radius 1 is 1.21 bits per heavy atom. The van der Waals surface area contributed by atoms with Crippen LogP contribution in [0, 0.1) is 12.3 Å². The van der Waals surface area contributed by atoms with Crippen molar-refractivity contribution < 1.29 is 26.3 Å². The molecule has 1 unspecified atom stereocenters. The molecule has 0 radical (unpaired) electrons. The van der Waals surface area contributed by atoms with Crippen molar-refractivity contribution in [2.24, 2.45) is 5.41 Å². The van der Waals surface area contributed by atoms with Crippen LogP contribution in [-0.2, 0) is 20.9 Å². The number of morpholine rings is 1. The van der Waals surface area contributed by atoms with Crippen molar-refractivity contribution in [1.29, 1.82) is 0 Å². The monoisotopic (exact) mass is 419 g/mol. The largest absolute Gasteiger partial charge is 0.433 e. The van der Waals surface area contributed by atoms with Gasteiger partial charge in [-0.25, -0.2) is 13.4 Å². The normalized spacial score (nSPS) is 26.5. The van der Waals surface area contributed by atoms with Gasteiger partial charge in [-0.3, -0.25) is 4.90 Å². The lowest BCUT2D eigenvalue weighted by atomic mass is 9.80. The van der Waals surface area contributed by atoms with E-state index in [4.69, 9.17) is 4.74 Å². The predicted molar refractivity (Wildman–Crippen MR) is 95.2 cm³/mol. The van der Waals surface area contributed by atoms with E-state index in [1.54, 1.807) is 0 Å². The molecule has 6 nitrogen and oxygen atoms in total. The van der Waals surface area contributed by atoms with Gasteiger partial charge in [0, 0.05) is 32.2 Å². The summed E-state index contributed by atoms with van der Waals surface area (Å²) in [6.07, 6.45) is -1.60. The van der Waals surface area contributed by atoms with Gasteiger partial charge in [-0.05, 0) is 43.7 Å². The van der Waals surface area contributed by atoms with Crippen molar-refractivity contribution >= 4 is 10.0 Å². The van der Waals surface area contributed by atoms with E-state index in [0.717, 1.165) is 57.7 Å². The zero-order chi connectivity index (χ0) is 20.2. The van der Waals surface area contributed by atoms with Crippen LogP contribution in [0.2, 0.25) is 0 Å². The molecular formula is C18H24F3N3O3S. The first kappa shape index (κ1) is 20.1. The number of aryl methyl sites for hydroxylation is 1. The summed E-state index contributed by atoms with van der Waals surface area (Å²) in [5.41, 5.74) is -1.20. The molecular weight excluding hydrogens is 395 g/mol. The fourth-order valence-electron chi connectivity index (χ4n) is 4.71. The minimum absolute atomic E-state index is 0.0106. The van der Waals surface area contributed by atoms with Crippen LogP contribution in [0.15, 0.2) is 17.0 Å². The Kier molecular flexibility index (Phi) is 4.96. The summed E-state index contributed by atoms with van der Waals surface area (Å²) < 4.78 is 70.9. The third-order valence-corrected chi connectivity index (χ3v) is 8.13. The Hall–Kier alpha value is -1.23. The van der Waals surface area contributed by atoms with Crippen molar-refractivity contribution in [3.8, 4) is 0 Å². The summed E-state index contributed by atoms with van der Waals surface area (Å²) >= 11 is 0. The van der Waals surface area contributed by atoms with Gasteiger partial charge in [-0.1, -0.05) is 0 Å². The van der Waals surface area contributed by atoms with E-state index >= 15 is 0 Å². The molecule has 3 aliphatic rings. The van der Waals surface area contributed by atoms with Crippen LogP contribution in [0.5, 0.6) is 0 Å². The van der Waals surface area contributed by atoms with Crippen LogP contribution in [0.4, 0.5) is 13.2 Å². The quantitative estimate of drug-likeness (QED) is 0.752. The summed E-state index contributed by atoms with van der Waals surface area (Å²) in [4.78, 5) is 5.75. The van der Waals surface area contributed by atoms with Gasteiger partial charge in [0.2, 0.25) is 10.0 Å². The fraction of sp³-hybridized carbons (Fsp3) is 0.722. The molecule has 156 valence electrons. The summed E-state index contributed by atoms with van der Waals surface area (Å²) in [5, 5.41) is 0. The molecule has 2 saturated heterocycles.